The number of rotatable bonds is 4. The molecular formula is C13H17N5O. The lowest BCUT2D eigenvalue weighted by Crippen LogP contribution is -2.32. The first kappa shape index (κ1) is 13.2. The number of nitrogens with two attached hydrogens (primary N) is 1. The third-order valence-electron chi connectivity index (χ3n) is 3.13. The number of likely N-dealkylation sites (tertiary alicyclic amines) is 1. The van der Waals surface area contributed by atoms with E-state index in [-0.39, 0.29) is 11.9 Å². The van der Waals surface area contributed by atoms with Crippen LogP contribution in [-0.2, 0) is 0 Å². The molecule has 0 radical (unpaired) electrons. The largest absolute Gasteiger partial charge is 0.337 e. The van der Waals surface area contributed by atoms with Gasteiger partial charge < -0.3 is 10.6 Å². The van der Waals surface area contributed by atoms with Gasteiger partial charge in [0.2, 0.25) is 0 Å². The minimum absolute atomic E-state index is 0.0577. The molecule has 2 rings (SSSR count). The molecule has 2 N–H and O–H groups in total. The number of hydrogen-bond acceptors (Lipinski definition) is 5. The Morgan fingerprint density at radius 2 is 2.05 bits per heavy atom. The summed E-state index contributed by atoms with van der Waals surface area (Å²) in [5.41, 5.74) is 6.92. The molecule has 1 aliphatic rings. The third-order valence-corrected chi connectivity index (χ3v) is 3.13. The highest BCUT2D eigenvalue weighted by Gasteiger charge is 2.26. The first-order valence-corrected chi connectivity index (χ1v) is 6.04. The quantitative estimate of drug-likeness (QED) is 0.644. The van der Waals surface area contributed by atoms with Crippen molar-refractivity contribution in [2.24, 2.45) is 15.9 Å². The van der Waals surface area contributed by atoms with Crippen LogP contribution in [0.5, 0.6) is 0 Å². The summed E-state index contributed by atoms with van der Waals surface area (Å²) in [5.74, 6) is -0.0687. The van der Waals surface area contributed by atoms with Gasteiger partial charge in [0.1, 0.15) is 0 Å². The number of anilines is 1. The summed E-state index contributed by atoms with van der Waals surface area (Å²) in [6.45, 7) is 8.09. The van der Waals surface area contributed by atoms with Crippen molar-refractivity contribution in [3.05, 3.63) is 29.8 Å². The molecule has 1 aromatic rings. The fourth-order valence-corrected chi connectivity index (χ4v) is 2.17. The van der Waals surface area contributed by atoms with E-state index in [2.05, 4.69) is 23.6 Å². The fraction of sp³-hybridized carbons (Fsp3) is 0.308. The molecule has 1 heterocycles. The van der Waals surface area contributed by atoms with E-state index >= 15 is 0 Å². The Hall–Kier alpha value is -2.21. The first-order valence-electron chi connectivity index (χ1n) is 6.04. The van der Waals surface area contributed by atoms with Gasteiger partial charge in [-0.15, -0.1) is 0 Å². The van der Waals surface area contributed by atoms with Crippen LogP contribution < -0.4 is 10.9 Å². The number of nitrogens with zero attached hydrogens (tertiary/aromatic N) is 4. The molecule has 19 heavy (non-hydrogen) atoms. The van der Waals surface area contributed by atoms with Gasteiger partial charge in [-0.25, -0.2) is 0 Å². The third kappa shape index (κ3) is 2.63. The van der Waals surface area contributed by atoms with Gasteiger partial charge in [0.05, 0.1) is 11.3 Å². The zero-order valence-corrected chi connectivity index (χ0v) is 10.7. The summed E-state index contributed by atoms with van der Waals surface area (Å²) in [5, 5.41) is 8.68. The maximum atomic E-state index is 12.5. The van der Waals surface area contributed by atoms with E-state index in [9.17, 15) is 4.79 Å². The maximum absolute atomic E-state index is 12.5. The van der Waals surface area contributed by atoms with Crippen LogP contribution in [0.15, 0.2) is 34.5 Å². The predicted octanol–water partition coefficient (Wildman–Crippen LogP) is 0.897. The molecule has 1 fully saturated rings. The van der Waals surface area contributed by atoms with E-state index in [0.29, 0.717) is 24.3 Å². The lowest BCUT2D eigenvalue weighted by molar-refractivity contribution is 0.0791. The van der Waals surface area contributed by atoms with Crippen molar-refractivity contribution in [2.75, 3.05) is 18.2 Å². The van der Waals surface area contributed by atoms with Crippen molar-refractivity contribution in [1.82, 2.24) is 4.90 Å². The van der Waals surface area contributed by atoms with Crippen molar-refractivity contribution >= 4 is 25.0 Å². The average Bonchev–Trinajstić information content (AvgIpc) is 2.87. The van der Waals surface area contributed by atoms with Crippen LogP contribution in [-0.4, -0.2) is 43.4 Å². The van der Waals surface area contributed by atoms with Gasteiger partial charge in [0.15, 0.2) is 0 Å². The van der Waals surface area contributed by atoms with Crippen LogP contribution in [0, 0.1) is 0 Å². The molecule has 1 saturated heterocycles. The Balaban J connectivity index is 2.31. The second-order valence-corrected chi connectivity index (χ2v) is 4.39. The molecule has 1 unspecified atom stereocenters. The minimum atomic E-state index is -0.0687. The van der Waals surface area contributed by atoms with E-state index in [0.717, 1.165) is 6.42 Å². The monoisotopic (exact) mass is 259 g/mol. The van der Waals surface area contributed by atoms with Gasteiger partial charge in [-0.1, -0.05) is 12.1 Å². The summed E-state index contributed by atoms with van der Waals surface area (Å²) < 4.78 is 0. The molecule has 100 valence electrons. The fourth-order valence-electron chi connectivity index (χ4n) is 2.17. The zero-order valence-electron chi connectivity index (χ0n) is 10.7. The van der Waals surface area contributed by atoms with Gasteiger partial charge in [0.25, 0.3) is 5.91 Å². The molecule has 0 aromatic heterocycles. The Morgan fingerprint density at radius 1 is 1.37 bits per heavy atom. The van der Waals surface area contributed by atoms with E-state index in [1.165, 1.54) is 5.12 Å². The molecule has 6 heteroatoms. The van der Waals surface area contributed by atoms with Gasteiger partial charge in [-0.2, -0.15) is 15.3 Å². The molecule has 0 spiro atoms. The average molecular weight is 259 g/mol. The Morgan fingerprint density at radius 3 is 2.63 bits per heavy atom. The number of carbonyl (C=O) groups excluding carboxylic acids is 1. The van der Waals surface area contributed by atoms with Gasteiger partial charge in [0, 0.05) is 32.6 Å². The van der Waals surface area contributed by atoms with Crippen LogP contribution in [0.25, 0.3) is 0 Å². The Labute approximate surface area is 112 Å². The Bertz CT molecular complexity index is 494. The number of hydrazone groups is 2. The summed E-state index contributed by atoms with van der Waals surface area (Å²) in [7, 11) is 0. The molecule has 0 saturated carbocycles. The van der Waals surface area contributed by atoms with E-state index < -0.39 is 0 Å². The summed E-state index contributed by atoms with van der Waals surface area (Å²) in [6.07, 6.45) is 0.830. The highest BCUT2D eigenvalue weighted by Crippen LogP contribution is 2.23. The SMILES string of the molecule is C=NN(N=C)c1ccccc1C(=O)N1CCC(N)C1. The van der Waals surface area contributed by atoms with Crippen molar-refractivity contribution in [1.29, 1.82) is 0 Å². The smallest absolute Gasteiger partial charge is 0.256 e. The first-order chi connectivity index (χ1) is 9.17. The molecule has 1 aliphatic heterocycles. The molecule has 1 atom stereocenters. The van der Waals surface area contributed by atoms with Crippen LogP contribution in [0.2, 0.25) is 0 Å². The minimum Gasteiger partial charge on any atom is -0.337 e. The van der Waals surface area contributed by atoms with Crippen LogP contribution in [0.4, 0.5) is 5.69 Å². The van der Waals surface area contributed by atoms with E-state index in [1.807, 2.05) is 6.07 Å². The number of carbonyl (C=O) groups is 1. The van der Waals surface area contributed by atoms with Crippen LogP contribution >= 0.6 is 0 Å². The molecule has 6 nitrogen and oxygen atoms in total. The zero-order chi connectivity index (χ0) is 13.8. The lowest BCUT2D eigenvalue weighted by atomic mass is 10.1. The van der Waals surface area contributed by atoms with E-state index in [4.69, 9.17) is 5.73 Å². The Kier molecular flexibility index (Phi) is 3.91. The highest BCUT2D eigenvalue weighted by molar-refractivity contribution is 6.00. The van der Waals surface area contributed by atoms with Crippen molar-refractivity contribution in [3.63, 3.8) is 0 Å². The van der Waals surface area contributed by atoms with E-state index in [1.54, 1.807) is 23.1 Å². The second-order valence-electron chi connectivity index (χ2n) is 4.39. The maximum Gasteiger partial charge on any atom is 0.256 e. The highest BCUT2D eigenvalue weighted by atomic mass is 16.2. The molecule has 0 bridgehead atoms. The molecule has 0 aliphatic carbocycles. The number of amides is 1. The molecular weight excluding hydrogens is 242 g/mol. The predicted molar refractivity (Wildman–Crippen MR) is 76.5 cm³/mol. The summed E-state index contributed by atoms with van der Waals surface area (Å²) in [4.78, 5) is 14.2. The van der Waals surface area contributed by atoms with Crippen LogP contribution in [0.3, 0.4) is 0 Å². The van der Waals surface area contributed by atoms with Crippen LogP contribution in [0.1, 0.15) is 16.8 Å². The number of benzene rings is 1. The normalized spacial score (nSPS) is 18.2. The van der Waals surface area contributed by atoms with Gasteiger partial charge in [-0.05, 0) is 18.6 Å². The molecule has 1 amide bonds. The topological polar surface area (TPSA) is 74.3 Å². The van der Waals surface area contributed by atoms with Crippen molar-refractivity contribution in [2.45, 2.75) is 12.5 Å². The van der Waals surface area contributed by atoms with Crippen molar-refractivity contribution in [3.8, 4) is 0 Å². The standard InChI is InChI=1S/C13H17N5O/c1-15-18(16-2)12-6-4-3-5-11(12)13(19)17-8-7-10(14)9-17/h3-6,10H,1-2,7-9,14H2. The lowest BCUT2D eigenvalue weighted by Gasteiger charge is -2.20. The molecule has 1 aromatic carbocycles. The summed E-state index contributed by atoms with van der Waals surface area (Å²) in [6, 6.07) is 7.17. The number of para-hydroxylation sites is 1. The van der Waals surface area contributed by atoms with Crippen molar-refractivity contribution < 1.29 is 4.79 Å². The number of hydrogen-bond donors (Lipinski definition) is 1. The second kappa shape index (κ2) is 5.62. The van der Waals surface area contributed by atoms with Gasteiger partial charge >= 0.3 is 0 Å². The summed E-state index contributed by atoms with van der Waals surface area (Å²) >= 11 is 0. The van der Waals surface area contributed by atoms with Gasteiger partial charge in [-0.3, -0.25) is 4.79 Å².